The molecule has 34 heavy (non-hydrogen) atoms. The van der Waals surface area contributed by atoms with Crippen LogP contribution < -0.4 is 4.74 Å². The van der Waals surface area contributed by atoms with Crippen molar-refractivity contribution in [3.05, 3.63) is 86.8 Å². The van der Waals surface area contributed by atoms with Gasteiger partial charge >= 0.3 is 0 Å². The Hall–Kier alpha value is -2.90. The van der Waals surface area contributed by atoms with E-state index in [-0.39, 0.29) is 30.4 Å². The summed E-state index contributed by atoms with van der Waals surface area (Å²) in [6.07, 6.45) is 0.768. The van der Waals surface area contributed by atoms with Crippen molar-refractivity contribution in [2.24, 2.45) is 0 Å². The monoisotopic (exact) mass is 500 g/mol. The predicted molar refractivity (Wildman–Crippen MR) is 132 cm³/mol. The summed E-state index contributed by atoms with van der Waals surface area (Å²) >= 11 is 7.65. The summed E-state index contributed by atoms with van der Waals surface area (Å²) < 4.78 is 19.3. The lowest BCUT2D eigenvalue weighted by Gasteiger charge is -2.37. The topological polar surface area (TPSA) is 49.9 Å². The lowest BCUT2D eigenvalue weighted by atomic mass is 10.00. The SMILES string of the molecule is CC(C)N(CC(=O)N1CCc2sccc2[C@H]1COc1ccc(Cl)cc1)C(=O)c1ccc(F)cc1. The molecule has 0 bridgehead atoms. The summed E-state index contributed by atoms with van der Waals surface area (Å²) in [4.78, 5) is 31.2. The molecule has 8 heteroatoms. The van der Waals surface area contributed by atoms with Gasteiger partial charge in [-0.05, 0) is 85.8 Å². The molecule has 0 saturated carbocycles. The second-order valence-corrected chi connectivity index (χ2v) is 9.89. The maximum Gasteiger partial charge on any atom is 0.254 e. The fourth-order valence-corrected chi connectivity index (χ4v) is 5.12. The summed E-state index contributed by atoms with van der Waals surface area (Å²) in [5, 5.41) is 2.66. The van der Waals surface area contributed by atoms with E-state index in [0.717, 1.165) is 12.0 Å². The first kappa shape index (κ1) is 24.2. The van der Waals surface area contributed by atoms with Gasteiger partial charge in [-0.3, -0.25) is 9.59 Å². The molecule has 3 aromatic rings. The van der Waals surface area contributed by atoms with E-state index in [1.807, 2.05) is 25.3 Å². The number of thiophene rings is 1. The first-order valence-electron chi connectivity index (χ1n) is 11.1. The Bertz CT molecular complexity index is 1150. The third-order valence-electron chi connectivity index (χ3n) is 5.92. The molecule has 5 nitrogen and oxygen atoms in total. The van der Waals surface area contributed by atoms with Gasteiger partial charge in [-0.2, -0.15) is 0 Å². The molecule has 2 aromatic carbocycles. The molecule has 2 amide bonds. The third-order valence-corrected chi connectivity index (χ3v) is 7.17. The second-order valence-electron chi connectivity index (χ2n) is 8.45. The normalized spacial score (nSPS) is 15.2. The minimum atomic E-state index is -0.410. The minimum Gasteiger partial charge on any atom is -0.491 e. The predicted octanol–water partition coefficient (Wildman–Crippen LogP) is 5.60. The van der Waals surface area contributed by atoms with Crippen molar-refractivity contribution >= 4 is 34.8 Å². The summed E-state index contributed by atoms with van der Waals surface area (Å²) in [7, 11) is 0. The average Bonchev–Trinajstić information content (AvgIpc) is 3.31. The number of carbonyl (C=O) groups excluding carboxylic acids is 2. The van der Waals surface area contributed by atoms with Gasteiger partial charge in [0.05, 0.1) is 6.04 Å². The molecule has 0 spiro atoms. The van der Waals surface area contributed by atoms with Crippen LogP contribution in [0.1, 0.15) is 40.7 Å². The first-order valence-corrected chi connectivity index (χ1v) is 12.4. The van der Waals surface area contributed by atoms with Crippen LogP contribution in [0, 0.1) is 5.82 Å². The standard InChI is InChI=1S/C26H26ClFN2O3S/c1-17(2)30(26(32)18-3-7-20(28)8-4-18)15-25(31)29-13-11-24-22(12-14-34-24)23(29)16-33-21-9-5-19(27)6-10-21/h3-10,12,14,17,23H,11,13,15-16H2,1-2H3/t23-/m1/s1. The summed E-state index contributed by atoms with van der Waals surface area (Å²) in [5.41, 5.74) is 1.43. The second kappa shape index (κ2) is 10.6. The highest BCUT2D eigenvalue weighted by atomic mass is 35.5. The fraction of sp³-hybridized carbons (Fsp3) is 0.308. The van der Waals surface area contributed by atoms with E-state index in [2.05, 4.69) is 0 Å². The zero-order valence-corrected chi connectivity index (χ0v) is 20.6. The maximum atomic E-state index is 13.5. The van der Waals surface area contributed by atoms with E-state index < -0.39 is 5.82 Å². The molecule has 1 aromatic heterocycles. The average molecular weight is 501 g/mol. The molecule has 0 aliphatic carbocycles. The molecule has 0 N–H and O–H groups in total. The van der Waals surface area contributed by atoms with Gasteiger partial charge in [0, 0.05) is 28.0 Å². The van der Waals surface area contributed by atoms with Gasteiger partial charge in [-0.1, -0.05) is 11.6 Å². The van der Waals surface area contributed by atoms with E-state index in [1.165, 1.54) is 34.0 Å². The summed E-state index contributed by atoms with van der Waals surface area (Å²) in [6.45, 7) is 4.51. The fourth-order valence-electron chi connectivity index (χ4n) is 4.06. The molecule has 4 rings (SSSR count). The van der Waals surface area contributed by atoms with Gasteiger partial charge in [-0.25, -0.2) is 4.39 Å². The van der Waals surface area contributed by atoms with Crippen LogP contribution in [-0.4, -0.2) is 47.4 Å². The van der Waals surface area contributed by atoms with Crippen LogP contribution in [0.5, 0.6) is 5.75 Å². The van der Waals surface area contributed by atoms with Crippen molar-refractivity contribution < 1.29 is 18.7 Å². The van der Waals surface area contributed by atoms with Crippen LogP contribution in [0.3, 0.4) is 0 Å². The van der Waals surface area contributed by atoms with Crippen molar-refractivity contribution in [1.29, 1.82) is 0 Å². The van der Waals surface area contributed by atoms with E-state index in [1.54, 1.807) is 40.5 Å². The van der Waals surface area contributed by atoms with Gasteiger partial charge in [0.15, 0.2) is 0 Å². The lowest BCUT2D eigenvalue weighted by molar-refractivity contribution is -0.136. The highest BCUT2D eigenvalue weighted by Crippen LogP contribution is 2.34. The van der Waals surface area contributed by atoms with Crippen molar-refractivity contribution in [1.82, 2.24) is 9.80 Å². The summed E-state index contributed by atoms with van der Waals surface area (Å²) in [6, 6.07) is 14.1. The van der Waals surface area contributed by atoms with E-state index in [0.29, 0.717) is 29.5 Å². The molecule has 1 atom stereocenters. The van der Waals surface area contributed by atoms with Crippen LogP contribution in [-0.2, 0) is 11.2 Å². The Morgan fingerprint density at radius 1 is 1.15 bits per heavy atom. The molecule has 178 valence electrons. The number of ether oxygens (including phenoxy) is 1. The number of hydrogen-bond donors (Lipinski definition) is 0. The van der Waals surface area contributed by atoms with Crippen molar-refractivity contribution in [2.45, 2.75) is 32.4 Å². The number of fused-ring (bicyclic) bond motifs is 1. The smallest absolute Gasteiger partial charge is 0.254 e. The van der Waals surface area contributed by atoms with E-state index in [4.69, 9.17) is 16.3 Å². The molecule has 0 radical (unpaired) electrons. The van der Waals surface area contributed by atoms with Gasteiger partial charge in [-0.15, -0.1) is 11.3 Å². The largest absolute Gasteiger partial charge is 0.491 e. The molecule has 0 saturated heterocycles. The van der Waals surface area contributed by atoms with Crippen LogP contribution in [0.2, 0.25) is 5.02 Å². The van der Waals surface area contributed by atoms with Crippen LogP contribution in [0.25, 0.3) is 0 Å². The summed E-state index contributed by atoms with van der Waals surface area (Å²) in [5.74, 6) is -0.183. The Balaban J connectivity index is 1.52. The van der Waals surface area contributed by atoms with Crippen LogP contribution in [0.4, 0.5) is 4.39 Å². The zero-order valence-electron chi connectivity index (χ0n) is 19.0. The Kier molecular flexibility index (Phi) is 7.54. The van der Waals surface area contributed by atoms with Gasteiger partial charge in [0.25, 0.3) is 5.91 Å². The molecular formula is C26H26ClFN2O3S. The molecule has 1 aliphatic heterocycles. The molecule has 0 unspecified atom stereocenters. The molecule has 2 heterocycles. The zero-order chi connectivity index (χ0) is 24.2. The molecule has 0 fully saturated rings. The quantitative estimate of drug-likeness (QED) is 0.424. The number of carbonyl (C=O) groups is 2. The highest BCUT2D eigenvalue weighted by Gasteiger charge is 2.34. The van der Waals surface area contributed by atoms with Gasteiger partial charge in [0.1, 0.15) is 24.7 Å². The number of hydrogen-bond acceptors (Lipinski definition) is 4. The number of benzene rings is 2. The van der Waals surface area contributed by atoms with Crippen LogP contribution >= 0.6 is 22.9 Å². The first-order chi connectivity index (χ1) is 16.3. The van der Waals surface area contributed by atoms with Gasteiger partial charge < -0.3 is 14.5 Å². The van der Waals surface area contributed by atoms with E-state index in [9.17, 15) is 14.0 Å². The number of amides is 2. The highest BCUT2D eigenvalue weighted by molar-refractivity contribution is 7.10. The Morgan fingerprint density at radius 3 is 2.53 bits per heavy atom. The molecular weight excluding hydrogens is 475 g/mol. The Labute approximate surface area is 207 Å². The number of halogens is 2. The number of rotatable bonds is 7. The molecule has 1 aliphatic rings. The van der Waals surface area contributed by atoms with Gasteiger partial charge in [0.2, 0.25) is 5.91 Å². The van der Waals surface area contributed by atoms with Crippen molar-refractivity contribution in [2.75, 3.05) is 19.7 Å². The van der Waals surface area contributed by atoms with Crippen molar-refractivity contribution in [3.8, 4) is 5.75 Å². The minimum absolute atomic E-state index is 0.0647. The van der Waals surface area contributed by atoms with E-state index >= 15 is 0 Å². The maximum absolute atomic E-state index is 13.5. The van der Waals surface area contributed by atoms with Crippen LogP contribution in [0.15, 0.2) is 60.0 Å². The third kappa shape index (κ3) is 5.42. The lowest BCUT2D eigenvalue weighted by Crippen LogP contribution is -2.49. The Morgan fingerprint density at radius 2 is 1.85 bits per heavy atom. The van der Waals surface area contributed by atoms with Crippen molar-refractivity contribution in [3.63, 3.8) is 0 Å². The number of nitrogens with zero attached hydrogens (tertiary/aromatic N) is 2.